The summed E-state index contributed by atoms with van der Waals surface area (Å²) in [4.78, 5) is 11.6. The van der Waals surface area contributed by atoms with E-state index in [0.717, 1.165) is 11.3 Å². The van der Waals surface area contributed by atoms with Gasteiger partial charge in [-0.1, -0.05) is 6.07 Å². The highest BCUT2D eigenvalue weighted by atomic mass is 16.6. The van der Waals surface area contributed by atoms with E-state index in [0.29, 0.717) is 18.7 Å². The van der Waals surface area contributed by atoms with Crippen molar-refractivity contribution in [1.29, 1.82) is 0 Å². The third kappa shape index (κ3) is 4.13. The number of fused-ring (bicyclic) bond motifs is 1. The maximum Gasteiger partial charge on any atom is 0.332 e. The summed E-state index contributed by atoms with van der Waals surface area (Å²) in [5.41, 5.74) is 6.93. The molecule has 110 valence electrons. The summed E-state index contributed by atoms with van der Waals surface area (Å²) in [6.07, 6.45) is 0.567. The lowest BCUT2D eigenvalue weighted by Gasteiger charge is -2.26. The van der Waals surface area contributed by atoms with E-state index in [9.17, 15) is 4.79 Å². The van der Waals surface area contributed by atoms with Crippen molar-refractivity contribution in [3.8, 4) is 5.75 Å². The number of ether oxygens (including phenoxy) is 3. The normalized spacial score (nSPS) is 18.1. The van der Waals surface area contributed by atoms with E-state index >= 15 is 0 Å². The van der Waals surface area contributed by atoms with Crippen molar-refractivity contribution in [2.75, 3.05) is 18.9 Å². The van der Waals surface area contributed by atoms with Crippen LogP contribution < -0.4 is 10.5 Å². The van der Waals surface area contributed by atoms with Gasteiger partial charge in [-0.05, 0) is 32.4 Å². The number of carbonyl (C=O) groups is 1. The van der Waals surface area contributed by atoms with Crippen LogP contribution in [-0.4, -0.2) is 30.9 Å². The molecule has 0 saturated heterocycles. The van der Waals surface area contributed by atoms with Gasteiger partial charge < -0.3 is 19.9 Å². The average Bonchev–Trinajstić information content (AvgIpc) is 2.34. The van der Waals surface area contributed by atoms with Gasteiger partial charge in [0.2, 0.25) is 0 Å². The molecule has 0 fully saturated rings. The van der Waals surface area contributed by atoms with Gasteiger partial charge in [0.15, 0.2) is 0 Å². The second-order valence-electron chi connectivity index (χ2n) is 5.90. The highest BCUT2D eigenvalue weighted by Gasteiger charge is 2.23. The van der Waals surface area contributed by atoms with Gasteiger partial charge >= 0.3 is 5.97 Å². The van der Waals surface area contributed by atoms with Crippen LogP contribution in [0.5, 0.6) is 5.75 Å². The lowest BCUT2D eigenvalue weighted by atomic mass is 10.0. The Morgan fingerprint density at radius 3 is 2.90 bits per heavy atom. The van der Waals surface area contributed by atoms with E-state index in [1.54, 1.807) is 6.07 Å². The standard InChI is InChI=1S/C15H21NO4/c1-15(2,3)20-14(17)9-18-12-6-10-4-5-11(16)7-13(10)19-8-12/h4-5,7,12H,6,8-9,16H2,1-3H3. The number of esters is 1. The van der Waals surface area contributed by atoms with Crippen molar-refractivity contribution in [2.24, 2.45) is 0 Å². The van der Waals surface area contributed by atoms with E-state index in [4.69, 9.17) is 19.9 Å². The minimum Gasteiger partial charge on any atom is -0.491 e. The van der Waals surface area contributed by atoms with Crippen LogP contribution >= 0.6 is 0 Å². The number of benzene rings is 1. The SMILES string of the molecule is CC(C)(C)OC(=O)COC1COc2cc(N)ccc2C1. The van der Waals surface area contributed by atoms with Crippen molar-refractivity contribution in [1.82, 2.24) is 0 Å². The predicted molar refractivity (Wildman–Crippen MR) is 75.6 cm³/mol. The third-order valence-electron chi connectivity index (χ3n) is 2.82. The Bertz CT molecular complexity index is 493. The van der Waals surface area contributed by atoms with Crippen LogP contribution in [0.4, 0.5) is 5.69 Å². The molecule has 1 atom stereocenters. The zero-order valence-corrected chi connectivity index (χ0v) is 12.1. The van der Waals surface area contributed by atoms with Gasteiger partial charge in [0.1, 0.15) is 24.6 Å². The molecular weight excluding hydrogens is 258 g/mol. The Hall–Kier alpha value is -1.75. The molecule has 5 heteroatoms. The molecular formula is C15H21NO4. The molecule has 0 radical (unpaired) electrons. The number of hydrogen-bond donors (Lipinski definition) is 1. The number of nitrogen functional groups attached to an aromatic ring is 1. The van der Waals surface area contributed by atoms with Crippen LogP contribution in [0.25, 0.3) is 0 Å². The minimum absolute atomic E-state index is 0.0599. The van der Waals surface area contributed by atoms with E-state index < -0.39 is 5.60 Å². The molecule has 1 heterocycles. The molecule has 1 aliphatic rings. The smallest absolute Gasteiger partial charge is 0.332 e. The van der Waals surface area contributed by atoms with Crippen LogP contribution in [-0.2, 0) is 20.7 Å². The largest absolute Gasteiger partial charge is 0.491 e. The molecule has 0 saturated carbocycles. The summed E-state index contributed by atoms with van der Waals surface area (Å²) in [5.74, 6) is 0.433. The molecule has 0 amide bonds. The Kier molecular flexibility index (Phi) is 4.18. The van der Waals surface area contributed by atoms with Crippen molar-refractivity contribution in [3.05, 3.63) is 23.8 Å². The Morgan fingerprint density at radius 2 is 2.20 bits per heavy atom. The molecule has 1 aromatic rings. The molecule has 2 rings (SSSR count). The maximum atomic E-state index is 11.6. The van der Waals surface area contributed by atoms with E-state index in [1.807, 2.05) is 32.9 Å². The first-order valence-corrected chi connectivity index (χ1v) is 6.68. The molecule has 1 aromatic carbocycles. The number of hydrogen-bond acceptors (Lipinski definition) is 5. The van der Waals surface area contributed by atoms with Gasteiger partial charge in [0, 0.05) is 18.2 Å². The van der Waals surface area contributed by atoms with Gasteiger partial charge in [-0.2, -0.15) is 0 Å². The van der Waals surface area contributed by atoms with E-state index in [-0.39, 0.29) is 18.7 Å². The van der Waals surface area contributed by atoms with Crippen LogP contribution in [0, 0.1) is 0 Å². The number of anilines is 1. The first kappa shape index (κ1) is 14.7. The molecule has 0 aliphatic carbocycles. The lowest BCUT2D eigenvalue weighted by Crippen LogP contribution is -2.33. The Morgan fingerprint density at radius 1 is 1.45 bits per heavy atom. The van der Waals surface area contributed by atoms with E-state index in [2.05, 4.69) is 0 Å². The molecule has 5 nitrogen and oxygen atoms in total. The molecule has 0 bridgehead atoms. The third-order valence-corrected chi connectivity index (χ3v) is 2.82. The summed E-state index contributed by atoms with van der Waals surface area (Å²) in [6, 6.07) is 5.56. The molecule has 1 unspecified atom stereocenters. The Labute approximate surface area is 119 Å². The summed E-state index contributed by atoms with van der Waals surface area (Å²) in [7, 11) is 0. The van der Waals surface area contributed by atoms with E-state index in [1.165, 1.54) is 0 Å². The summed E-state index contributed by atoms with van der Waals surface area (Å²) < 4.78 is 16.3. The van der Waals surface area contributed by atoms with Crippen molar-refractivity contribution in [2.45, 2.75) is 38.9 Å². The predicted octanol–water partition coefficient (Wildman–Crippen LogP) is 1.93. The zero-order valence-electron chi connectivity index (χ0n) is 12.1. The molecule has 1 aliphatic heterocycles. The summed E-state index contributed by atoms with van der Waals surface area (Å²) in [6.45, 7) is 5.84. The maximum absolute atomic E-state index is 11.6. The summed E-state index contributed by atoms with van der Waals surface area (Å²) in [5, 5.41) is 0. The number of nitrogens with two attached hydrogens (primary N) is 1. The number of rotatable bonds is 3. The van der Waals surface area contributed by atoms with Crippen molar-refractivity contribution < 1.29 is 19.0 Å². The second-order valence-corrected chi connectivity index (χ2v) is 5.90. The topological polar surface area (TPSA) is 70.8 Å². The van der Waals surface area contributed by atoms with Crippen LogP contribution in [0.2, 0.25) is 0 Å². The quantitative estimate of drug-likeness (QED) is 0.676. The van der Waals surface area contributed by atoms with Gasteiger partial charge in [-0.25, -0.2) is 4.79 Å². The lowest BCUT2D eigenvalue weighted by molar-refractivity contribution is -0.163. The van der Waals surface area contributed by atoms with Crippen LogP contribution in [0.1, 0.15) is 26.3 Å². The van der Waals surface area contributed by atoms with Crippen LogP contribution in [0.3, 0.4) is 0 Å². The number of carbonyl (C=O) groups excluding carboxylic acids is 1. The first-order valence-electron chi connectivity index (χ1n) is 6.68. The average molecular weight is 279 g/mol. The minimum atomic E-state index is -0.492. The fraction of sp³-hybridized carbons (Fsp3) is 0.533. The fourth-order valence-electron chi connectivity index (χ4n) is 2.02. The van der Waals surface area contributed by atoms with Gasteiger partial charge in [0.05, 0.1) is 6.10 Å². The molecule has 0 aromatic heterocycles. The zero-order chi connectivity index (χ0) is 14.8. The monoisotopic (exact) mass is 279 g/mol. The van der Waals surface area contributed by atoms with Crippen LogP contribution in [0.15, 0.2) is 18.2 Å². The van der Waals surface area contributed by atoms with Gasteiger partial charge in [-0.15, -0.1) is 0 Å². The second kappa shape index (κ2) is 5.71. The Balaban J connectivity index is 1.85. The highest BCUT2D eigenvalue weighted by Crippen LogP contribution is 2.27. The molecule has 20 heavy (non-hydrogen) atoms. The van der Waals surface area contributed by atoms with Gasteiger partial charge in [-0.3, -0.25) is 0 Å². The van der Waals surface area contributed by atoms with Crippen molar-refractivity contribution in [3.63, 3.8) is 0 Å². The van der Waals surface area contributed by atoms with Crippen molar-refractivity contribution >= 4 is 11.7 Å². The summed E-state index contributed by atoms with van der Waals surface area (Å²) >= 11 is 0. The van der Waals surface area contributed by atoms with Gasteiger partial charge in [0.25, 0.3) is 0 Å². The fourth-order valence-corrected chi connectivity index (χ4v) is 2.02. The highest BCUT2D eigenvalue weighted by molar-refractivity contribution is 5.71. The molecule has 0 spiro atoms. The first-order chi connectivity index (χ1) is 9.33. The molecule has 2 N–H and O–H groups in total.